The second-order valence-electron chi connectivity index (χ2n) is 6.37. The first-order valence-corrected chi connectivity index (χ1v) is 8.02. The summed E-state index contributed by atoms with van der Waals surface area (Å²) in [6.45, 7) is 0.832. The van der Waals surface area contributed by atoms with Crippen LogP contribution in [0.15, 0.2) is 24.3 Å². The van der Waals surface area contributed by atoms with Gasteiger partial charge in [-0.05, 0) is 36.5 Å². The minimum atomic E-state index is -2.76. The van der Waals surface area contributed by atoms with E-state index >= 15 is 0 Å². The van der Waals surface area contributed by atoms with Crippen LogP contribution in [0.4, 0.5) is 8.78 Å². The van der Waals surface area contributed by atoms with Crippen molar-refractivity contribution < 1.29 is 18.3 Å². The number of halogens is 2. The Balaban J connectivity index is 1.57. The summed E-state index contributed by atoms with van der Waals surface area (Å²) in [6, 6.07) is 7.24. The highest BCUT2D eigenvalue weighted by Gasteiger charge is 2.43. The van der Waals surface area contributed by atoms with Gasteiger partial charge in [-0.2, -0.15) is 0 Å². The van der Waals surface area contributed by atoms with Gasteiger partial charge in [0.2, 0.25) is 5.91 Å². The molecule has 1 atom stereocenters. The van der Waals surface area contributed by atoms with E-state index in [1.54, 1.807) is 12.0 Å². The number of rotatable bonds is 3. The van der Waals surface area contributed by atoms with E-state index < -0.39 is 18.5 Å². The Morgan fingerprint density at radius 1 is 1.35 bits per heavy atom. The van der Waals surface area contributed by atoms with Gasteiger partial charge in [0, 0.05) is 19.5 Å². The van der Waals surface area contributed by atoms with Crippen LogP contribution in [0.5, 0.6) is 5.75 Å². The number of hydrogen-bond donors (Lipinski definition) is 1. The van der Waals surface area contributed by atoms with Crippen LogP contribution in [-0.4, -0.2) is 49.5 Å². The lowest BCUT2D eigenvalue weighted by molar-refractivity contribution is -0.134. The maximum atomic E-state index is 13.2. The first kappa shape index (κ1) is 16.2. The van der Waals surface area contributed by atoms with Crippen LogP contribution in [0.25, 0.3) is 0 Å². The number of likely N-dealkylation sites (tertiary alicyclic amines) is 1. The Morgan fingerprint density at radius 3 is 2.70 bits per heavy atom. The smallest absolute Gasteiger partial charge is 0.262 e. The first-order valence-electron chi connectivity index (χ1n) is 8.02. The lowest BCUT2D eigenvalue weighted by Gasteiger charge is -2.33. The molecule has 3 rings (SSSR count). The van der Waals surface area contributed by atoms with Crippen molar-refractivity contribution in [2.45, 2.75) is 37.1 Å². The zero-order chi connectivity index (χ0) is 16.4. The van der Waals surface area contributed by atoms with Gasteiger partial charge in [-0.3, -0.25) is 10.1 Å². The molecule has 0 bridgehead atoms. The average molecular weight is 324 g/mol. The van der Waals surface area contributed by atoms with Gasteiger partial charge < -0.3 is 9.64 Å². The maximum Gasteiger partial charge on any atom is 0.262 e. The average Bonchev–Trinajstić information content (AvgIpc) is 2.94. The molecule has 23 heavy (non-hydrogen) atoms. The molecule has 1 aromatic carbocycles. The molecule has 1 aromatic rings. The number of methoxy groups -OCH3 is 1. The Hall–Kier alpha value is -1.69. The molecule has 126 valence electrons. The molecule has 4 nitrogen and oxygen atoms in total. The van der Waals surface area contributed by atoms with Crippen LogP contribution in [0.3, 0.4) is 0 Å². The van der Waals surface area contributed by atoms with Crippen LogP contribution in [0, 0.1) is 0 Å². The minimum absolute atomic E-state index is 0.189. The Kier molecular flexibility index (Phi) is 4.53. The van der Waals surface area contributed by atoms with Crippen molar-refractivity contribution in [1.29, 1.82) is 0 Å². The third-order valence-corrected chi connectivity index (χ3v) is 4.78. The van der Waals surface area contributed by atoms with E-state index in [2.05, 4.69) is 11.4 Å². The molecule has 6 heteroatoms. The topological polar surface area (TPSA) is 41.6 Å². The Morgan fingerprint density at radius 2 is 2.09 bits per heavy atom. The quantitative estimate of drug-likeness (QED) is 0.928. The Labute approximate surface area is 134 Å². The number of nitrogens with one attached hydrogen (secondary N) is 1. The summed E-state index contributed by atoms with van der Waals surface area (Å²) in [5, 5.41) is 2.64. The van der Waals surface area contributed by atoms with Crippen LogP contribution in [0.1, 0.15) is 30.7 Å². The summed E-state index contributed by atoms with van der Waals surface area (Å²) in [7, 11) is 1.64. The summed E-state index contributed by atoms with van der Waals surface area (Å²) in [5.41, 5.74) is 1.21. The molecule has 0 saturated carbocycles. The molecule has 2 heterocycles. The summed E-state index contributed by atoms with van der Waals surface area (Å²) >= 11 is 0. The van der Waals surface area contributed by atoms with Gasteiger partial charge in [0.15, 0.2) is 0 Å². The predicted molar refractivity (Wildman–Crippen MR) is 82.9 cm³/mol. The highest BCUT2D eigenvalue weighted by Crippen LogP contribution is 2.31. The largest absolute Gasteiger partial charge is 0.497 e. The van der Waals surface area contributed by atoms with Crippen LogP contribution >= 0.6 is 0 Å². The second-order valence-corrected chi connectivity index (χ2v) is 6.37. The monoisotopic (exact) mass is 324 g/mol. The van der Waals surface area contributed by atoms with Crippen molar-refractivity contribution in [1.82, 2.24) is 10.2 Å². The molecule has 2 saturated heterocycles. The molecule has 0 aliphatic carbocycles. The lowest BCUT2D eigenvalue weighted by Crippen LogP contribution is -2.46. The molecule has 1 unspecified atom stereocenters. The van der Waals surface area contributed by atoms with Crippen LogP contribution in [0.2, 0.25) is 0 Å². The molecule has 1 N–H and O–H groups in total. The van der Waals surface area contributed by atoms with E-state index in [4.69, 9.17) is 4.74 Å². The predicted octanol–water partition coefficient (Wildman–Crippen LogP) is 2.40. The molecular formula is C17H22F2N2O2. The minimum Gasteiger partial charge on any atom is -0.497 e. The summed E-state index contributed by atoms with van der Waals surface area (Å²) in [5.74, 6) is -1.74. The Bertz CT molecular complexity index is 571. The number of ether oxygens (including phenoxy) is 1. The third kappa shape index (κ3) is 3.63. The summed E-state index contributed by atoms with van der Waals surface area (Å²) in [4.78, 5) is 14.1. The zero-order valence-corrected chi connectivity index (χ0v) is 13.2. The number of carbonyl (C=O) groups is 1. The van der Waals surface area contributed by atoms with E-state index in [0.29, 0.717) is 19.0 Å². The number of carbonyl (C=O) groups excluding carboxylic acids is 1. The highest BCUT2D eigenvalue weighted by atomic mass is 19.3. The van der Waals surface area contributed by atoms with Crippen molar-refractivity contribution in [3.8, 4) is 5.75 Å². The molecule has 1 amide bonds. The van der Waals surface area contributed by atoms with Crippen molar-refractivity contribution in [2.24, 2.45) is 0 Å². The van der Waals surface area contributed by atoms with Crippen molar-refractivity contribution in [3.05, 3.63) is 29.8 Å². The molecule has 0 spiro atoms. The van der Waals surface area contributed by atoms with E-state index in [-0.39, 0.29) is 12.3 Å². The van der Waals surface area contributed by atoms with Gasteiger partial charge in [0.05, 0.1) is 19.7 Å². The van der Waals surface area contributed by atoms with Crippen molar-refractivity contribution in [3.63, 3.8) is 0 Å². The van der Waals surface area contributed by atoms with E-state index in [1.807, 2.05) is 18.2 Å². The maximum absolute atomic E-state index is 13.2. The summed E-state index contributed by atoms with van der Waals surface area (Å²) in [6.07, 6.45) is 1.31. The fraction of sp³-hybridized carbons (Fsp3) is 0.588. The first-order chi connectivity index (χ1) is 11.0. The lowest BCUT2D eigenvalue weighted by atomic mass is 9.89. The number of piperidine rings is 1. The number of alkyl halides is 2. The van der Waals surface area contributed by atoms with Crippen molar-refractivity contribution in [2.75, 3.05) is 26.7 Å². The molecule has 2 aliphatic heterocycles. The molecule has 0 aromatic heterocycles. The van der Waals surface area contributed by atoms with Gasteiger partial charge in [-0.15, -0.1) is 0 Å². The fourth-order valence-electron chi connectivity index (χ4n) is 3.44. The fourth-order valence-corrected chi connectivity index (χ4v) is 3.44. The van der Waals surface area contributed by atoms with E-state index in [0.717, 1.165) is 18.6 Å². The van der Waals surface area contributed by atoms with Gasteiger partial charge in [0.1, 0.15) is 5.75 Å². The van der Waals surface area contributed by atoms with Crippen LogP contribution in [-0.2, 0) is 4.79 Å². The molecule has 2 aliphatic rings. The van der Waals surface area contributed by atoms with Gasteiger partial charge in [0.25, 0.3) is 5.92 Å². The standard InChI is InChI=1S/C17H22F2N2O2/c1-23-14-4-2-3-13(9-14)12-5-7-21(8-6-12)16(22)15-10-17(18,19)11-20-15/h2-4,9,12,15,20H,5-8,10-11H2,1H3. The van der Waals surface area contributed by atoms with Gasteiger partial charge >= 0.3 is 0 Å². The number of amides is 1. The zero-order valence-electron chi connectivity index (χ0n) is 13.2. The van der Waals surface area contributed by atoms with Crippen molar-refractivity contribution >= 4 is 5.91 Å². The van der Waals surface area contributed by atoms with E-state index in [1.165, 1.54) is 5.56 Å². The molecule has 0 radical (unpaired) electrons. The normalized spacial score (nSPS) is 24.7. The van der Waals surface area contributed by atoms with Gasteiger partial charge in [-0.25, -0.2) is 8.78 Å². The van der Waals surface area contributed by atoms with Gasteiger partial charge in [-0.1, -0.05) is 12.1 Å². The molecule has 2 fully saturated rings. The van der Waals surface area contributed by atoms with Crippen LogP contribution < -0.4 is 10.1 Å². The SMILES string of the molecule is COc1cccc(C2CCN(C(=O)C3CC(F)(F)CN3)CC2)c1. The number of hydrogen-bond acceptors (Lipinski definition) is 3. The molecular weight excluding hydrogens is 302 g/mol. The second kappa shape index (κ2) is 6.43. The highest BCUT2D eigenvalue weighted by molar-refractivity contribution is 5.82. The van der Waals surface area contributed by atoms with E-state index in [9.17, 15) is 13.6 Å². The number of nitrogens with zero attached hydrogens (tertiary/aromatic N) is 1. The number of benzene rings is 1. The summed E-state index contributed by atoms with van der Waals surface area (Å²) < 4.78 is 31.7. The third-order valence-electron chi connectivity index (χ3n) is 4.78.